The molecule has 2 aromatic rings. The molecule has 0 saturated carbocycles. The number of rotatable bonds is 9. The molecule has 20 heteroatoms. The van der Waals surface area contributed by atoms with E-state index in [1.807, 2.05) is 22.6 Å². The van der Waals surface area contributed by atoms with Crippen LogP contribution < -0.4 is 14.5 Å². The summed E-state index contributed by atoms with van der Waals surface area (Å²) < 4.78 is 69.2. The van der Waals surface area contributed by atoms with Crippen LogP contribution in [-0.2, 0) is 24.4 Å². The Morgan fingerprint density at radius 1 is 0.977 bits per heavy atom. The standard InChI is InChI=1S/C23H20F2I3N3O11S/c1-9(23(24,25)43(38,39)40)41-21(34)13-8-12(6-7-14(13)31(36)37)42-22(35)15-16(26)19(29(4)10(2)32)18(28)20(17(15)27)30(5)11(3)33/h6-9H,1-5H3,(H,38,39,40). The molecule has 0 fully saturated rings. The van der Waals surface area contributed by atoms with Crippen LogP contribution >= 0.6 is 67.8 Å². The number of benzene rings is 2. The summed E-state index contributed by atoms with van der Waals surface area (Å²) in [5, 5.41) is 6.55. The summed E-state index contributed by atoms with van der Waals surface area (Å²) in [5.74, 6) is -4.15. The maximum atomic E-state index is 13.9. The molecule has 1 unspecified atom stereocenters. The minimum Gasteiger partial charge on any atom is -0.451 e. The smallest absolute Gasteiger partial charge is 0.405 e. The summed E-state index contributed by atoms with van der Waals surface area (Å²) >= 11 is 5.53. The summed E-state index contributed by atoms with van der Waals surface area (Å²) in [7, 11) is -3.12. The van der Waals surface area contributed by atoms with Gasteiger partial charge in [0.15, 0.2) is 6.10 Å². The molecular formula is C23H20F2I3N3O11S. The van der Waals surface area contributed by atoms with Gasteiger partial charge in [-0.05, 0) is 80.8 Å². The maximum absolute atomic E-state index is 13.9. The lowest BCUT2D eigenvalue weighted by atomic mass is 10.1. The predicted molar refractivity (Wildman–Crippen MR) is 172 cm³/mol. The molecule has 0 aliphatic heterocycles. The first-order valence-electron chi connectivity index (χ1n) is 11.3. The van der Waals surface area contributed by atoms with Gasteiger partial charge in [0.25, 0.3) is 5.69 Å². The second-order valence-corrected chi connectivity index (χ2v) is 13.3. The third kappa shape index (κ3) is 7.67. The van der Waals surface area contributed by atoms with Crippen LogP contribution in [0.5, 0.6) is 5.75 Å². The lowest BCUT2D eigenvalue weighted by Crippen LogP contribution is -2.42. The normalized spacial score (nSPS) is 12.3. The van der Waals surface area contributed by atoms with Crippen LogP contribution in [0.1, 0.15) is 41.5 Å². The van der Waals surface area contributed by atoms with Crippen LogP contribution in [0.4, 0.5) is 25.8 Å². The minimum atomic E-state index is -6.02. The van der Waals surface area contributed by atoms with Crippen molar-refractivity contribution in [1.29, 1.82) is 0 Å². The second kappa shape index (κ2) is 13.8. The van der Waals surface area contributed by atoms with Gasteiger partial charge in [0, 0.05) is 40.1 Å². The molecule has 2 aromatic carbocycles. The van der Waals surface area contributed by atoms with Gasteiger partial charge in [-0.15, -0.1) is 0 Å². The van der Waals surface area contributed by atoms with Gasteiger partial charge >= 0.3 is 27.3 Å². The monoisotopic (exact) mass is 965 g/mol. The minimum absolute atomic E-state index is 0.114. The van der Waals surface area contributed by atoms with Crippen molar-refractivity contribution < 1.29 is 55.3 Å². The van der Waals surface area contributed by atoms with Crippen LogP contribution in [-0.4, -0.2) is 67.1 Å². The Kier molecular flexibility index (Phi) is 11.8. The van der Waals surface area contributed by atoms with E-state index in [9.17, 15) is 46.5 Å². The molecule has 2 amide bonds. The van der Waals surface area contributed by atoms with Gasteiger partial charge < -0.3 is 19.3 Å². The number of nitro groups is 1. The van der Waals surface area contributed by atoms with Crippen molar-refractivity contribution in [2.45, 2.75) is 32.1 Å². The first-order chi connectivity index (χ1) is 19.6. The Bertz CT molecular complexity index is 1610. The van der Waals surface area contributed by atoms with Gasteiger partial charge in [-0.25, -0.2) is 9.59 Å². The Morgan fingerprint density at radius 2 is 1.44 bits per heavy atom. The number of anilines is 2. The van der Waals surface area contributed by atoms with Crippen molar-refractivity contribution in [1.82, 2.24) is 0 Å². The van der Waals surface area contributed by atoms with E-state index in [0.717, 1.165) is 12.1 Å². The Morgan fingerprint density at radius 3 is 1.84 bits per heavy atom. The van der Waals surface area contributed by atoms with E-state index in [-0.39, 0.29) is 24.1 Å². The highest BCUT2D eigenvalue weighted by Gasteiger charge is 2.52. The Hall–Kier alpha value is -2.32. The number of amides is 2. The van der Waals surface area contributed by atoms with E-state index in [1.54, 1.807) is 45.2 Å². The van der Waals surface area contributed by atoms with Gasteiger partial charge in [-0.2, -0.15) is 17.2 Å². The highest BCUT2D eigenvalue weighted by Crippen LogP contribution is 2.42. The van der Waals surface area contributed by atoms with Crippen molar-refractivity contribution >= 4 is 119 Å². The number of hydrogen-bond acceptors (Lipinski definition) is 10. The molecule has 1 N–H and O–H groups in total. The number of alkyl halides is 2. The molecule has 43 heavy (non-hydrogen) atoms. The molecule has 0 bridgehead atoms. The van der Waals surface area contributed by atoms with Crippen molar-refractivity contribution in [3.63, 3.8) is 0 Å². The number of halogens is 5. The van der Waals surface area contributed by atoms with E-state index in [4.69, 9.17) is 9.29 Å². The molecule has 0 aliphatic carbocycles. The van der Waals surface area contributed by atoms with E-state index in [0.29, 0.717) is 16.6 Å². The zero-order valence-corrected chi connectivity index (χ0v) is 29.8. The number of ether oxygens (including phenoxy) is 2. The summed E-state index contributed by atoms with van der Waals surface area (Å²) in [6.07, 6.45) is -2.77. The molecule has 0 radical (unpaired) electrons. The fourth-order valence-corrected chi connectivity index (χ4v) is 8.80. The molecule has 1 atom stereocenters. The SMILES string of the molecule is CC(=O)N(C)c1c(I)c(C(=O)Oc2ccc([N+](=O)[O-])c(C(=O)OC(C)C(F)(F)S(=O)(=O)O)c2)c(I)c(N(C)C(C)=O)c1I. The van der Waals surface area contributed by atoms with Crippen molar-refractivity contribution in [2.24, 2.45) is 0 Å². The van der Waals surface area contributed by atoms with Crippen LogP contribution in [0.3, 0.4) is 0 Å². The lowest BCUT2D eigenvalue weighted by molar-refractivity contribution is -0.385. The molecule has 0 spiro atoms. The topological polar surface area (TPSA) is 191 Å². The van der Waals surface area contributed by atoms with Crippen LogP contribution in [0.25, 0.3) is 0 Å². The zero-order valence-electron chi connectivity index (χ0n) is 22.5. The number of hydrogen-bond donors (Lipinski definition) is 1. The van der Waals surface area contributed by atoms with E-state index < -0.39 is 67.2 Å². The van der Waals surface area contributed by atoms with Gasteiger partial charge in [0.1, 0.15) is 11.3 Å². The number of carbonyl (C=O) groups is 4. The molecular weight excluding hydrogens is 945 g/mol. The van der Waals surface area contributed by atoms with Crippen LogP contribution in [0.2, 0.25) is 0 Å². The zero-order chi connectivity index (χ0) is 33.4. The second-order valence-electron chi connectivity index (χ2n) is 8.58. The molecule has 0 aliphatic rings. The van der Waals surface area contributed by atoms with Crippen molar-refractivity contribution in [2.75, 3.05) is 23.9 Å². The number of nitro benzene ring substituents is 1. The highest BCUT2D eigenvalue weighted by atomic mass is 127. The molecule has 2 rings (SSSR count). The molecule has 234 valence electrons. The van der Waals surface area contributed by atoms with Crippen LogP contribution in [0.15, 0.2) is 18.2 Å². The van der Waals surface area contributed by atoms with Gasteiger partial charge in [0.05, 0.1) is 32.6 Å². The fraction of sp³-hybridized carbons (Fsp3) is 0.304. The van der Waals surface area contributed by atoms with E-state index in [1.165, 1.54) is 37.7 Å². The van der Waals surface area contributed by atoms with E-state index in [2.05, 4.69) is 4.74 Å². The average molecular weight is 965 g/mol. The molecule has 14 nitrogen and oxygen atoms in total. The highest BCUT2D eigenvalue weighted by molar-refractivity contribution is 14.1. The van der Waals surface area contributed by atoms with Crippen LogP contribution in [0, 0.1) is 20.8 Å². The third-order valence-corrected chi connectivity index (χ3v) is 9.93. The molecule has 0 saturated heterocycles. The Labute approximate surface area is 283 Å². The largest absolute Gasteiger partial charge is 0.451 e. The average Bonchev–Trinajstić information content (AvgIpc) is 2.87. The molecule has 0 aromatic heterocycles. The summed E-state index contributed by atoms with van der Waals surface area (Å²) in [4.78, 5) is 63.5. The van der Waals surface area contributed by atoms with Gasteiger partial charge in [-0.3, -0.25) is 24.3 Å². The predicted octanol–water partition coefficient (Wildman–Crippen LogP) is 4.62. The van der Waals surface area contributed by atoms with Crippen molar-refractivity contribution in [3.8, 4) is 5.75 Å². The number of nitrogens with zero attached hydrogens (tertiary/aromatic N) is 3. The number of carbonyl (C=O) groups excluding carboxylic acids is 4. The van der Waals surface area contributed by atoms with Crippen molar-refractivity contribution in [3.05, 3.63) is 50.2 Å². The maximum Gasteiger partial charge on any atom is 0.405 e. The summed E-state index contributed by atoms with van der Waals surface area (Å²) in [6, 6.07) is 2.30. The molecule has 0 heterocycles. The van der Waals surface area contributed by atoms with Gasteiger partial charge in [-0.1, -0.05) is 0 Å². The van der Waals surface area contributed by atoms with Gasteiger partial charge in [0.2, 0.25) is 11.8 Å². The lowest BCUT2D eigenvalue weighted by Gasteiger charge is -2.27. The summed E-state index contributed by atoms with van der Waals surface area (Å²) in [6.45, 7) is 2.99. The third-order valence-electron chi connectivity index (χ3n) is 5.79. The van der Waals surface area contributed by atoms with E-state index >= 15 is 0 Å². The first-order valence-corrected chi connectivity index (χ1v) is 16.0. The first kappa shape index (κ1) is 36.9. The fourth-order valence-electron chi connectivity index (χ4n) is 3.28. The quantitative estimate of drug-likeness (QED) is 0.0922. The summed E-state index contributed by atoms with van der Waals surface area (Å²) in [5.41, 5.74) is -1.51. The number of esters is 2. The Balaban J connectivity index is 2.67.